The highest BCUT2D eigenvalue weighted by Gasteiger charge is 2.23. The molecule has 0 aliphatic rings. The number of rotatable bonds is 28. The van der Waals surface area contributed by atoms with Crippen molar-refractivity contribution in [3.8, 4) is 66.6 Å². The molecule has 0 aliphatic heterocycles. The molecule has 15 rings (SSSR count). The van der Waals surface area contributed by atoms with Gasteiger partial charge in [-0.3, -0.25) is 39.4 Å². The van der Waals surface area contributed by atoms with E-state index < -0.39 is 38.5 Å². The molecule has 0 atom stereocenters. The summed E-state index contributed by atoms with van der Waals surface area (Å²) >= 11 is 19.1. The third-order valence-corrected chi connectivity index (χ3v) is 25.0. The van der Waals surface area contributed by atoms with Gasteiger partial charge in [-0.2, -0.15) is 4.99 Å². The lowest BCUT2D eigenvalue weighted by molar-refractivity contribution is -0.385. The molecule has 3 amide bonds. The maximum atomic E-state index is 15.1. The molecule has 0 radical (unpaired) electrons. The Kier molecular flexibility index (Phi) is 31.2. The van der Waals surface area contributed by atoms with Crippen LogP contribution in [0.1, 0.15) is 16.7 Å². The third-order valence-electron chi connectivity index (χ3n) is 17.6. The van der Waals surface area contributed by atoms with Crippen LogP contribution in [0.4, 0.5) is 30.2 Å². The number of halogens is 3. The molecule has 36 heteroatoms. The number of nitrogens with one attached hydrogen (secondary N) is 5. The van der Waals surface area contributed by atoms with Crippen molar-refractivity contribution in [2.24, 2.45) is 4.99 Å². The maximum absolute atomic E-state index is 15.1. The number of aromatic nitrogens is 9. The Morgan fingerprint density at radius 1 is 0.496 bits per heavy atom. The van der Waals surface area contributed by atoms with Crippen LogP contribution in [0.15, 0.2) is 243 Å². The van der Waals surface area contributed by atoms with E-state index in [4.69, 9.17) is 48.1 Å². The lowest BCUT2D eigenvalue weighted by Crippen LogP contribution is -2.35. The van der Waals surface area contributed by atoms with Crippen LogP contribution in [0.25, 0.3) is 62.8 Å². The van der Waals surface area contributed by atoms with Crippen LogP contribution < -0.4 is 35.5 Å². The van der Waals surface area contributed by atoms with E-state index in [0.717, 1.165) is 92.1 Å². The number of isothiocyanates is 1. The summed E-state index contributed by atoms with van der Waals surface area (Å²) in [5.74, 6) is 0.869. The number of nitro groups is 1. The van der Waals surface area contributed by atoms with Crippen molar-refractivity contribution in [2.75, 3.05) is 23.8 Å². The van der Waals surface area contributed by atoms with E-state index in [-0.39, 0.29) is 63.7 Å². The summed E-state index contributed by atoms with van der Waals surface area (Å²) in [6, 6.07) is 53.1. The molecule has 0 unspecified atom stereocenters. The third kappa shape index (κ3) is 26.5. The molecule has 0 aliphatic carbocycles. The van der Waals surface area contributed by atoms with Crippen molar-refractivity contribution < 1.29 is 56.2 Å². The molecule has 9 aromatic heterocycles. The van der Waals surface area contributed by atoms with Crippen molar-refractivity contribution in [1.82, 2.24) is 54.7 Å². The number of hydrogen-bond acceptors (Lipinski definition) is 22. The van der Waals surface area contributed by atoms with Crippen LogP contribution in [0, 0.1) is 27.6 Å². The van der Waals surface area contributed by atoms with Gasteiger partial charge >= 0.3 is 0 Å². The molecule has 0 bridgehead atoms. The van der Waals surface area contributed by atoms with E-state index in [1.807, 2.05) is 136 Å². The fourth-order valence-corrected chi connectivity index (χ4v) is 16.8. The van der Waals surface area contributed by atoms with E-state index in [1.54, 1.807) is 73.7 Å². The Labute approximate surface area is 734 Å². The fourth-order valence-electron chi connectivity index (χ4n) is 11.5. The summed E-state index contributed by atoms with van der Waals surface area (Å²) in [4.78, 5) is 81.2. The number of thiocarbonyl (C=S) groups is 3. The number of hydrogen-bond donors (Lipinski definition) is 5. The monoisotopic (exact) mass is 1800 g/mol. The van der Waals surface area contributed by atoms with Crippen LogP contribution in [0.3, 0.4) is 0 Å². The molecule has 0 spiro atoms. The number of thiophene rings is 3. The minimum Gasteiger partial charge on any atom is -0.453 e. The van der Waals surface area contributed by atoms with Crippen LogP contribution >= 0.6 is 70.7 Å². The number of pyridine rings is 3. The molecule has 5 N–H and O–H groups in total. The number of carbonyl (C=O) groups is 3. The Morgan fingerprint density at radius 3 is 1.28 bits per heavy atom. The molecule has 9 heterocycles. The van der Waals surface area contributed by atoms with Gasteiger partial charge in [0.15, 0.2) is 56.6 Å². The smallest absolute Gasteiger partial charge is 0.272 e. The largest absolute Gasteiger partial charge is 0.453 e. The van der Waals surface area contributed by atoms with Crippen molar-refractivity contribution >= 4 is 168 Å². The number of ether oxygens (including phenoxy) is 5. The van der Waals surface area contributed by atoms with Crippen molar-refractivity contribution in [1.29, 1.82) is 0 Å². The second-order valence-electron chi connectivity index (χ2n) is 29.5. The minimum absolute atomic E-state index is 0.0457. The van der Waals surface area contributed by atoms with Crippen LogP contribution in [0.2, 0.25) is 51.4 Å². The average molecular weight is 1800 g/mol. The van der Waals surface area contributed by atoms with Gasteiger partial charge in [0, 0.05) is 133 Å². The highest BCUT2D eigenvalue weighted by molar-refractivity contribution is 7.80. The number of carbonyl (C=O) groups excluding carboxylic acids is 3. The van der Waals surface area contributed by atoms with Gasteiger partial charge in [-0.15, -0.1) is 34.0 Å². The van der Waals surface area contributed by atoms with E-state index in [1.165, 1.54) is 70.4 Å². The zero-order chi connectivity index (χ0) is 87.0. The van der Waals surface area contributed by atoms with Gasteiger partial charge in [0.2, 0.25) is 11.8 Å². The average Bonchev–Trinajstić information content (AvgIpc) is 1.65. The summed E-state index contributed by atoms with van der Waals surface area (Å²) in [6.07, 6.45) is 16.1. The Bertz CT molecular complexity index is 6270. The Morgan fingerprint density at radius 2 is 0.894 bits per heavy atom. The van der Waals surface area contributed by atoms with Gasteiger partial charge in [0.25, 0.3) is 11.6 Å². The number of anilines is 2. The zero-order valence-electron chi connectivity index (χ0n) is 67.0. The van der Waals surface area contributed by atoms with Gasteiger partial charge in [-0.25, -0.2) is 28.1 Å². The van der Waals surface area contributed by atoms with E-state index in [9.17, 15) is 33.3 Å². The highest BCUT2D eigenvalue weighted by Crippen LogP contribution is 2.43. The normalized spacial score (nSPS) is 11.1. The number of amides is 3. The Balaban J connectivity index is 0.000000159. The number of non-ortho nitro benzene ring substituents is 1. The number of benzene rings is 6. The number of nitro benzene ring substituents is 1. The zero-order valence-corrected chi connectivity index (χ0v) is 73.9. The van der Waals surface area contributed by atoms with Gasteiger partial charge in [0.1, 0.15) is 36.5 Å². The van der Waals surface area contributed by atoms with Crippen LogP contribution in [-0.2, 0) is 56.6 Å². The van der Waals surface area contributed by atoms with Crippen LogP contribution in [0.5, 0.6) is 34.5 Å². The second-order valence-corrected chi connectivity index (χ2v) is 44.9. The number of aliphatic imine (C=N–C) groups is 1. The van der Waals surface area contributed by atoms with Gasteiger partial charge in [-0.1, -0.05) is 130 Å². The molecule has 25 nitrogen and oxygen atoms in total. The minimum atomic E-state index is -1.17. The molecule has 628 valence electrons. The molecule has 0 saturated carbocycles. The van der Waals surface area contributed by atoms with Gasteiger partial charge in [-0.05, 0) is 114 Å². The van der Waals surface area contributed by atoms with E-state index in [2.05, 4.69) is 113 Å². The lowest BCUT2D eigenvalue weighted by atomic mass is 10.1. The van der Waals surface area contributed by atoms with Crippen LogP contribution in [-0.4, -0.2) is 111 Å². The summed E-state index contributed by atoms with van der Waals surface area (Å²) in [5, 5.41) is 23.9. The molecule has 15 aromatic rings. The number of H-pyrrole nitrogens is 1. The fraction of sp³-hybridized carbons (Fsp3) is 0.172. The molecule has 0 saturated heterocycles. The molecule has 123 heavy (non-hydrogen) atoms. The standard InChI is InChI=1S/C31H32FN5O3S2Si.C25H18FN5O2S2.C22H23FN4O4SSi.C9H7NOS/c1-43(2,3)16-15-39-20-37-14-13-34-30(37)27-19-24-29(42-27)26(11-12-33-24)40-25-10-9-22(18-23(25)32)35-31(41)36-28(38)17-21-7-5-4-6-8-21;26-17-13-16(30-25(34)31-22(32)12-15-4-2-1-3-5-15)6-7-19(17)33-20-8-9-27-18-14-21(35-23(18)20)24-28-10-11-29-24;1-33(2,3)11-10-30-14-26-9-8-25-22(26)20-13-17-21(32-20)19(6-7-24-17)31-18-5-4-15(27(28)29)12-16(18)23;11-9(10-7-12)6-8-4-2-1-3-5-8/h4-14,18-19H,15-17,20H2,1-3H3,(H2,35,36,38,41);1-11,13-14H,12H2,(H,28,29)(H2,30,31,32,34);4-9,12-13H,10-11,14H2,1-3H3;1-5H,6H2. The van der Waals surface area contributed by atoms with E-state index >= 15 is 4.39 Å². The quantitative estimate of drug-likeness (QED) is 0.00760. The second kappa shape index (κ2) is 42.8. The number of nitrogens with zero attached hydrogens (tertiary/aromatic N) is 10. The van der Waals surface area contributed by atoms with E-state index in [0.29, 0.717) is 67.2 Å². The van der Waals surface area contributed by atoms with Crippen molar-refractivity contribution in [2.45, 2.75) is 84.1 Å². The van der Waals surface area contributed by atoms with Gasteiger partial charge in [0.05, 0.1) is 80.7 Å². The highest BCUT2D eigenvalue weighted by atomic mass is 32.1. The lowest BCUT2D eigenvalue weighted by Gasteiger charge is -2.15. The first-order valence-corrected chi connectivity index (χ1v) is 49.2. The molecular weight excluding hydrogens is 1720 g/mol. The molecule has 6 aromatic carbocycles. The topological polar surface area (TPSA) is 304 Å². The maximum Gasteiger partial charge on any atom is 0.272 e. The molecule has 0 fully saturated rings. The summed E-state index contributed by atoms with van der Waals surface area (Å²) < 4.78 is 79.9. The first-order chi connectivity index (χ1) is 59.2. The number of aromatic amines is 1. The first kappa shape index (κ1) is 89.7. The first-order valence-electron chi connectivity index (χ1n) is 38.1. The predicted octanol–water partition coefficient (Wildman–Crippen LogP) is 21.3. The molecular formula is C87H80F3N15O10S6Si2. The number of imidazole rings is 3. The number of fused-ring (bicyclic) bond motifs is 3. The van der Waals surface area contributed by atoms with Crippen molar-refractivity contribution in [3.63, 3.8) is 0 Å². The Hall–Kier alpha value is -12.6. The SMILES string of the molecule is C[Si](C)(C)CCOCn1ccnc1-c1cc2nccc(Oc3ccc(NC(=S)NC(=O)Cc4ccccc4)cc3F)c2s1.C[Si](C)(C)CCOCn1ccnc1-c1cc2nccc(Oc3ccc([N+](=O)[O-])cc3F)c2s1.O=C(Cc1ccccc1)N=C=S.O=C(Cc1ccccc1)NC(=S)Nc1ccc(Oc2ccnc3cc(-c4ncc[nH]4)sc23)c(F)c1. The summed E-state index contributed by atoms with van der Waals surface area (Å²) in [5.41, 5.74) is 5.25. The summed E-state index contributed by atoms with van der Waals surface area (Å²) in [6.45, 7) is 16.1. The summed E-state index contributed by atoms with van der Waals surface area (Å²) in [7, 11) is -2.33. The van der Waals surface area contributed by atoms with Gasteiger partial charge < -0.3 is 59.1 Å². The van der Waals surface area contributed by atoms with Crippen molar-refractivity contribution in [3.05, 3.63) is 282 Å². The predicted molar refractivity (Wildman–Crippen MR) is 492 cm³/mol.